The minimum Gasteiger partial charge on any atom is -0.381 e. The summed E-state index contributed by atoms with van der Waals surface area (Å²) >= 11 is 3.31. The van der Waals surface area contributed by atoms with Crippen LogP contribution in [-0.2, 0) is 11.2 Å². The standard InChI is InChI=1S/C16H14BrFN2O2/c17-11-2-3-13(18)12(6-11)14-4-1-10(5-9-7-22-8-9)15(20-14)16(19)21/h1-4,6,9H,5,7-8H2,(H2,19,21). The van der Waals surface area contributed by atoms with Crippen LogP contribution in [0.1, 0.15) is 16.1 Å². The van der Waals surface area contributed by atoms with E-state index < -0.39 is 11.7 Å². The minimum atomic E-state index is -0.604. The number of primary amides is 1. The molecule has 0 saturated carbocycles. The van der Waals surface area contributed by atoms with Crippen LogP contribution in [0.15, 0.2) is 34.8 Å². The minimum absolute atomic E-state index is 0.198. The van der Waals surface area contributed by atoms with Crippen LogP contribution in [0.5, 0.6) is 0 Å². The van der Waals surface area contributed by atoms with E-state index in [4.69, 9.17) is 10.5 Å². The summed E-state index contributed by atoms with van der Waals surface area (Å²) in [7, 11) is 0. The van der Waals surface area contributed by atoms with Gasteiger partial charge in [-0.25, -0.2) is 9.37 Å². The molecule has 2 aromatic rings. The number of halogens is 2. The van der Waals surface area contributed by atoms with Gasteiger partial charge < -0.3 is 10.5 Å². The molecule has 1 aliphatic rings. The number of rotatable bonds is 4. The van der Waals surface area contributed by atoms with Crippen LogP contribution < -0.4 is 5.73 Å². The summed E-state index contributed by atoms with van der Waals surface area (Å²) < 4.78 is 19.8. The summed E-state index contributed by atoms with van der Waals surface area (Å²) in [6.07, 6.45) is 0.687. The zero-order valence-electron chi connectivity index (χ0n) is 11.7. The van der Waals surface area contributed by atoms with Crippen LogP contribution in [0.2, 0.25) is 0 Å². The number of carbonyl (C=O) groups excluding carboxylic acids is 1. The summed E-state index contributed by atoms with van der Waals surface area (Å²) in [6, 6.07) is 8.10. The van der Waals surface area contributed by atoms with Crippen molar-refractivity contribution in [3.05, 3.63) is 51.9 Å². The third-order valence-electron chi connectivity index (χ3n) is 3.63. The summed E-state index contributed by atoms with van der Waals surface area (Å²) in [5.74, 6) is -0.618. The van der Waals surface area contributed by atoms with Gasteiger partial charge >= 0.3 is 0 Å². The highest BCUT2D eigenvalue weighted by Gasteiger charge is 2.22. The third-order valence-corrected chi connectivity index (χ3v) is 4.13. The lowest BCUT2D eigenvalue weighted by Crippen LogP contribution is -2.30. The molecule has 0 bridgehead atoms. The molecule has 0 atom stereocenters. The van der Waals surface area contributed by atoms with E-state index in [0.717, 1.165) is 10.0 Å². The number of pyridine rings is 1. The average molecular weight is 365 g/mol. The largest absolute Gasteiger partial charge is 0.381 e. The van der Waals surface area contributed by atoms with Crippen molar-refractivity contribution in [3.63, 3.8) is 0 Å². The van der Waals surface area contributed by atoms with E-state index in [9.17, 15) is 9.18 Å². The van der Waals surface area contributed by atoms with Crippen molar-refractivity contribution in [2.75, 3.05) is 13.2 Å². The van der Waals surface area contributed by atoms with Gasteiger partial charge in [-0.15, -0.1) is 0 Å². The Balaban J connectivity index is 2.01. The first-order valence-electron chi connectivity index (χ1n) is 6.87. The van der Waals surface area contributed by atoms with Gasteiger partial charge in [0.05, 0.1) is 18.9 Å². The van der Waals surface area contributed by atoms with E-state index in [1.807, 2.05) is 0 Å². The molecule has 0 unspecified atom stereocenters. The van der Waals surface area contributed by atoms with Crippen molar-refractivity contribution in [2.45, 2.75) is 6.42 Å². The maximum Gasteiger partial charge on any atom is 0.267 e. The molecule has 1 aromatic heterocycles. The Morgan fingerprint density at radius 2 is 2.14 bits per heavy atom. The number of hydrogen-bond acceptors (Lipinski definition) is 3. The molecule has 1 amide bonds. The van der Waals surface area contributed by atoms with Gasteiger partial charge in [-0.1, -0.05) is 22.0 Å². The van der Waals surface area contributed by atoms with Gasteiger partial charge in [0.15, 0.2) is 0 Å². The van der Waals surface area contributed by atoms with Crippen LogP contribution in [-0.4, -0.2) is 24.1 Å². The van der Waals surface area contributed by atoms with E-state index in [1.54, 1.807) is 24.3 Å². The second-order valence-corrected chi connectivity index (χ2v) is 6.22. The van der Waals surface area contributed by atoms with E-state index >= 15 is 0 Å². The Kier molecular flexibility index (Phi) is 4.22. The summed E-state index contributed by atoms with van der Waals surface area (Å²) in [5.41, 5.74) is 7.12. The number of amides is 1. The Labute approximate surface area is 135 Å². The molecule has 0 spiro atoms. The molecule has 3 rings (SSSR count). The highest BCUT2D eigenvalue weighted by Crippen LogP contribution is 2.27. The molecule has 1 fully saturated rings. The maximum atomic E-state index is 14.0. The lowest BCUT2D eigenvalue weighted by atomic mass is 9.96. The lowest BCUT2D eigenvalue weighted by molar-refractivity contribution is -0.0313. The smallest absolute Gasteiger partial charge is 0.267 e. The Morgan fingerprint density at radius 1 is 1.36 bits per heavy atom. The van der Waals surface area contributed by atoms with Gasteiger partial charge in [0.25, 0.3) is 5.91 Å². The highest BCUT2D eigenvalue weighted by atomic mass is 79.9. The van der Waals surface area contributed by atoms with Gasteiger partial charge in [0.2, 0.25) is 0 Å². The molecule has 0 radical (unpaired) electrons. The van der Waals surface area contributed by atoms with Crippen molar-refractivity contribution < 1.29 is 13.9 Å². The number of nitrogens with two attached hydrogens (primary N) is 1. The van der Waals surface area contributed by atoms with Gasteiger partial charge in [-0.3, -0.25) is 4.79 Å². The number of nitrogens with zero attached hydrogens (tertiary/aromatic N) is 1. The van der Waals surface area contributed by atoms with Crippen molar-refractivity contribution in [1.82, 2.24) is 4.98 Å². The normalized spacial score (nSPS) is 14.6. The molecule has 6 heteroatoms. The van der Waals surface area contributed by atoms with E-state index in [-0.39, 0.29) is 5.69 Å². The fraction of sp³-hybridized carbons (Fsp3) is 0.250. The third kappa shape index (κ3) is 3.03. The number of aromatic nitrogens is 1. The summed E-state index contributed by atoms with van der Waals surface area (Å²) in [6.45, 7) is 1.36. The number of carbonyl (C=O) groups is 1. The van der Waals surface area contributed by atoms with Crippen molar-refractivity contribution in [3.8, 4) is 11.3 Å². The topological polar surface area (TPSA) is 65.2 Å². The predicted molar refractivity (Wildman–Crippen MR) is 83.9 cm³/mol. The van der Waals surface area contributed by atoms with Crippen LogP contribution in [0, 0.1) is 11.7 Å². The Bertz CT molecular complexity index is 732. The van der Waals surface area contributed by atoms with E-state index in [0.29, 0.717) is 36.8 Å². The molecule has 0 aliphatic carbocycles. The van der Waals surface area contributed by atoms with Crippen LogP contribution in [0.25, 0.3) is 11.3 Å². The van der Waals surface area contributed by atoms with Crippen LogP contribution in [0.3, 0.4) is 0 Å². The zero-order chi connectivity index (χ0) is 15.7. The monoisotopic (exact) mass is 364 g/mol. The van der Waals surface area contributed by atoms with Gasteiger partial charge in [-0.05, 0) is 36.2 Å². The van der Waals surface area contributed by atoms with Gasteiger partial charge in [-0.2, -0.15) is 0 Å². The first kappa shape index (κ1) is 15.1. The highest BCUT2D eigenvalue weighted by molar-refractivity contribution is 9.10. The molecule has 114 valence electrons. The molecule has 1 aromatic carbocycles. The first-order chi connectivity index (χ1) is 10.5. The Hall–Kier alpha value is -1.79. The van der Waals surface area contributed by atoms with E-state index in [2.05, 4.69) is 20.9 Å². The van der Waals surface area contributed by atoms with Crippen molar-refractivity contribution >= 4 is 21.8 Å². The predicted octanol–water partition coefficient (Wildman–Crippen LogP) is 2.94. The van der Waals surface area contributed by atoms with Gasteiger partial charge in [0, 0.05) is 16.0 Å². The molecular formula is C16H14BrFN2O2. The van der Waals surface area contributed by atoms with E-state index in [1.165, 1.54) is 6.07 Å². The fourth-order valence-electron chi connectivity index (χ4n) is 2.42. The Morgan fingerprint density at radius 3 is 2.77 bits per heavy atom. The summed E-state index contributed by atoms with van der Waals surface area (Å²) in [4.78, 5) is 16.0. The number of benzene rings is 1. The molecule has 2 N–H and O–H groups in total. The lowest BCUT2D eigenvalue weighted by Gasteiger charge is -2.26. The second-order valence-electron chi connectivity index (χ2n) is 5.30. The van der Waals surface area contributed by atoms with Crippen LogP contribution in [0.4, 0.5) is 4.39 Å². The molecule has 2 heterocycles. The second kappa shape index (κ2) is 6.14. The molecule has 22 heavy (non-hydrogen) atoms. The quantitative estimate of drug-likeness (QED) is 0.906. The van der Waals surface area contributed by atoms with Crippen molar-refractivity contribution in [1.29, 1.82) is 0 Å². The molecule has 1 saturated heterocycles. The first-order valence-corrected chi connectivity index (χ1v) is 7.67. The fourth-order valence-corrected chi connectivity index (χ4v) is 2.78. The average Bonchev–Trinajstić information content (AvgIpc) is 2.45. The number of hydrogen-bond donors (Lipinski definition) is 1. The van der Waals surface area contributed by atoms with Crippen LogP contribution >= 0.6 is 15.9 Å². The number of ether oxygens (including phenoxy) is 1. The summed E-state index contributed by atoms with van der Waals surface area (Å²) in [5, 5.41) is 0. The molecule has 4 nitrogen and oxygen atoms in total. The molecular weight excluding hydrogens is 351 g/mol. The van der Waals surface area contributed by atoms with Gasteiger partial charge in [0.1, 0.15) is 11.5 Å². The zero-order valence-corrected chi connectivity index (χ0v) is 13.3. The maximum absolute atomic E-state index is 14.0. The molecule has 1 aliphatic heterocycles. The SMILES string of the molecule is NC(=O)c1nc(-c2cc(Br)ccc2F)ccc1CC1COC1. The van der Waals surface area contributed by atoms with Crippen molar-refractivity contribution in [2.24, 2.45) is 11.7 Å².